The summed E-state index contributed by atoms with van der Waals surface area (Å²) in [5, 5.41) is 12.0. The standard InChI is InChI=1S/C28H28F2N6O6/c1-15(37)31-12-17-13-36(28(41)42-17)22-4-2-3-21(23(22)30)33-7-9-34(10-8-33)26-20(29)11-18-24(38)19(27(39)40)14-35(16-5-6-16)25(18)32-26/h2-4,11,14,16-17H,5-10,12-13H2,1H3,(H,31,37)(H,39,40)/t17-/m0/s1. The molecule has 1 saturated carbocycles. The highest BCUT2D eigenvalue weighted by molar-refractivity contribution is 5.92. The van der Waals surface area contributed by atoms with Crippen molar-refractivity contribution < 1.29 is 33.0 Å². The lowest BCUT2D eigenvalue weighted by Crippen LogP contribution is -2.47. The molecule has 1 aromatic carbocycles. The number of cyclic esters (lactones) is 1. The average molecular weight is 583 g/mol. The average Bonchev–Trinajstić information content (AvgIpc) is 3.74. The van der Waals surface area contributed by atoms with Crippen molar-refractivity contribution in [3.05, 3.63) is 57.9 Å². The first-order chi connectivity index (χ1) is 20.1. The van der Waals surface area contributed by atoms with Gasteiger partial charge in [0, 0.05) is 45.3 Å². The van der Waals surface area contributed by atoms with Crippen LogP contribution in [0.15, 0.2) is 35.3 Å². The van der Waals surface area contributed by atoms with Gasteiger partial charge in [-0.3, -0.25) is 14.5 Å². The van der Waals surface area contributed by atoms with Gasteiger partial charge >= 0.3 is 12.1 Å². The van der Waals surface area contributed by atoms with Crippen LogP contribution in [0.4, 0.5) is 30.8 Å². The molecule has 6 rings (SSSR count). The molecule has 0 spiro atoms. The lowest BCUT2D eigenvalue weighted by Gasteiger charge is -2.37. The van der Waals surface area contributed by atoms with E-state index in [1.807, 2.05) is 0 Å². The number of benzene rings is 1. The number of amides is 2. The summed E-state index contributed by atoms with van der Waals surface area (Å²) < 4.78 is 37.9. The molecule has 0 radical (unpaired) electrons. The molecule has 42 heavy (non-hydrogen) atoms. The van der Waals surface area contributed by atoms with Gasteiger partial charge in [-0.25, -0.2) is 23.4 Å². The second kappa shape index (κ2) is 10.6. The van der Waals surface area contributed by atoms with E-state index >= 15 is 8.78 Å². The minimum Gasteiger partial charge on any atom is -0.477 e. The Labute approximate surface area is 238 Å². The van der Waals surface area contributed by atoms with Crippen molar-refractivity contribution in [1.29, 1.82) is 0 Å². The molecular weight excluding hydrogens is 554 g/mol. The van der Waals surface area contributed by atoms with Crippen LogP contribution in [0, 0.1) is 11.6 Å². The number of carbonyl (C=O) groups excluding carboxylic acids is 2. The van der Waals surface area contributed by atoms with Crippen molar-refractivity contribution >= 4 is 46.2 Å². The summed E-state index contributed by atoms with van der Waals surface area (Å²) in [6.07, 6.45) is 1.58. The molecule has 2 N–H and O–H groups in total. The van der Waals surface area contributed by atoms with E-state index in [9.17, 15) is 24.3 Å². The van der Waals surface area contributed by atoms with E-state index in [0.717, 1.165) is 18.9 Å². The lowest BCUT2D eigenvalue weighted by molar-refractivity contribution is -0.119. The number of aromatic carboxylic acids is 1. The van der Waals surface area contributed by atoms with E-state index in [4.69, 9.17) is 4.74 Å². The summed E-state index contributed by atoms with van der Waals surface area (Å²) in [6.45, 7) is 2.79. The number of ether oxygens (including phenoxy) is 1. The Kier molecular flexibility index (Phi) is 6.91. The summed E-state index contributed by atoms with van der Waals surface area (Å²) in [4.78, 5) is 57.2. The Morgan fingerprint density at radius 3 is 2.45 bits per heavy atom. The largest absolute Gasteiger partial charge is 0.477 e. The maximum absolute atomic E-state index is 15.7. The normalized spacial score (nSPS) is 18.9. The van der Waals surface area contributed by atoms with Crippen LogP contribution in [-0.2, 0) is 9.53 Å². The van der Waals surface area contributed by atoms with E-state index in [0.29, 0.717) is 26.2 Å². The van der Waals surface area contributed by atoms with Gasteiger partial charge in [0.15, 0.2) is 17.5 Å². The Balaban J connectivity index is 1.21. The second-order valence-electron chi connectivity index (χ2n) is 10.6. The molecule has 2 amide bonds. The van der Waals surface area contributed by atoms with Crippen LogP contribution in [-0.4, -0.2) is 78.0 Å². The van der Waals surface area contributed by atoms with Crippen molar-refractivity contribution in [3.8, 4) is 0 Å². The zero-order valence-corrected chi connectivity index (χ0v) is 22.7. The van der Waals surface area contributed by atoms with Gasteiger partial charge < -0.3 is 29.5 Å². The minimum atomic E-state index is -1.38. The van der Waals surface area contributed by atoms with Crippen LogP contribution in [0.5, 0.6) is 0 Å². The zero-order valence-electron chi connectivity index (χ0n) is 22.7. The minimum absolute atomic E-state index is 0.00215. The summed E-state index contributed by atoms with van der Waals surface area (Å²) in [5.41, 5.74) is -0.630. The fourth-order valence-electron chi connectivity index (χ4n) is 5.44. The summed E-state index contributed by atoms with van der Waals surface area (Å²) >= 11 is 0. The predicted molar refractivity (Wildman–Crippen MR) is 148 cm³/mol. The van der Waals surface area contributed by atoms with Crippen molar-refractivity contribution in [2.75, 3.05) is 54.0 Å². The van der Waals surface area contributed by atoms with Crippen LogP contribution in [0.2, 0.25) is 0 Å². The van der Waals surface area contributed by atoms with Gasteiger partial charge in [-0.1, -0.05) is 6.07 Å². The van der Waals surface area contributed by atoms with Crippen LogP contribution in [0.25, 0.3) is 11.0 Å². The molecule has 3 aromatic rings. The van der Waals surface area contributed by atoms with E-state index in [-0.39, 0.29) is 53.3 Å². The second-order valence-corrected chi connectivity index (χ2v) is 10.6. The summed E-state index contributed by atoms with van der Waals surface area (Å²) in [5.74, 6) is -2.94. The predicted octanol–water partition coefficient (Wildman–Crippen LogP) is 2.50. The number of hydrogen-bond donors (Lipinski definition) is 2. The Morgan fingerprint density at radius 2 is 1.79 bits per heavy atom. The van der Waals surface area contributed by atoms with Crippen LogP contribution >= 0.6 is 0 Å². The van der Waals surface area contributed by atoms with Crippen LogP contribution < -0.4 is 25.4 Å². The molecule has 3 aliphatic rings. The van der Waals surface area contributed by atoms with Gasteiger partial charge in [-0.2, -0.15) is 0 Å². The molecule has 1 aliphatic carbocycles. The van der Waals surface area contributed by atoms with Crippen molar-refractivity contribution in [1.82, 2.24) is 14.9 Å². The van der Waals surface area contributed by atoms with Gasteiger partial charge in [0.25, 0.3) is 0 Å². The van der Waals surface area contributed by atoms with Gasteiger partial charge in [0.05, 0.1) is 29.9 Å². The molecule has 2 saturated heterocycles. The van der Waals surface area contributed by atoms with E-state index in [1.165, 1.54) is 24.1 Å². The number of halogens is 2. The summed E-state index contributed by atoms with van der Waals surface area (Å²) in [6, 6.07) is 5.78. The molecule has 1 atom stereocenters. The number of anilines is 3. The fourth-order valence-corrected chi connectivity index (χ4v) is 5.44. The number of piperazine rings is 1. The molecule has 14 heteroatoms. The number of hydrogen-bond acceptors (Lipinski definition) is 8. The van der Waals surface area contributed by atoms with E-state index < -0.39 is 40.8 Å². The van der Waals surface area contributed by atoms with Crippen LogP contribution in [0.3, 0.4) is 0 Å². The molecule has 2 aromatic heterocycles. The highest BCUT2D eigenvalue weighted by Gasteiger charge is 2.35. The van der Waals surface area contributed by atoms with E-state index in [1.54, 1.807) is 26.5 Å². The van der Waals surface area contributed by atoms with Gasteiger partial charge in [-0.15, -0.1) is 0 Å². The number of carboxylic acids is 1. The molecule has 2 aliphatic heterocycles. The van der Waals surface area contributed by atoms with Crippen LogP contribution in [0.1, 0.15) is 36.2 Å². The number of pyridine rings is 2. The highest BCUT2D eigenvalue weighted by Crippen LogP contribution is 2.37. The third kappa shape index (κ3) is 4.97. The quantitative estimate of drug-likeness (QED) is 0.431. The maximum Gasteiger partial charge on any atom is 0.414 e. The van der Waals surface area contributed by atoms with E-state index in [2.05, 4.69) is 10.3 Å². The monoisotopic (exact) mass is 582 g/mol. The smallest absolute Gasteiger partial charge is 0.414 e. The lowest BCUT2D eigenvalue weighted by atomic mass is 10.1. The first-order valence-electron chi connectivity index (χ1n) is 13.6. The molecule has 4 heterocycles. The van der Waals surface area contributed by atoms with Crippen molar-refractivity contribution in [2.24, 2.45) is 0 Å². The zero-order chi connectivity index (χ0) is 29.7. The van der Waals surface area contributed by atoms with Crippen molar-refractivity contribution in [2.45, 2.75) is 31.9 Å². The Morgan fingerprint density at radius 1 is 1.10 bits per heavy atom. The molecule has 3 fully saturated rings. The first-order valence-corrected chi connectivity index (χ1v) is 13.6. The number of carbonyl (C=O) groups is 3. The third-order valence-corrected chi connectivity index (χ3v) is 7.73. The number of nitrogens with one attached hydrogen (secondary N) is 1. The molecular formula is C28H28F2N6O6. The topological polar surface area (TPSA) is 137 Å². The molecule has 220 valence electrons. The fraction of sp³-hybridized carbons (Fsp3) is 0.393. The highest BCUT2D eigenvalue weighted by atomic mass is 19.1. The third-order valence-electron chi connectivity index (χ3n) is 7.73. The number of fused-ring (bicyclic) bond motifs is 1. The van der Waals surface area contributed by atoms with Gasteiger partial charge in [0.2, 0.25) is 11.3 Å². The number of nitrogens with zero attached hydrogens (tertiary/aromatic N) is 5. The number of aromatic nitrogens is 2. The van der Waals surface area contributed by atoms with Crippen molar-refractivity contribution in [3.63, 3.8) is 0 Å². The molecule has 0 unspecified atom stereocenters. The van der Waals surface area contributed by atoms with Gasteiger partial charge in [0.1, 0.15) is 17.3 Å². The van der Waals surface area contributed by atoms with Gasteiger partial charge in [-0.05, 0) is 31.0 Å². The Bertz CT molecular complexity index is 1670. The molecule has 12 nitrogen and oxygen atoms in total. The molecule has 0 bridgehead atoms. The SMILES string of the molecule is CC(=O)NC[C@H]1CN(c2cccc(N3CCN(c4nc5c(cc4F)c(=O)c(C(=O)O)cn5C4CC4)CC3)c2F)C(=O)O1. The number of rotatable bonds is 7. The summed E-state index contributed by atoms with van der Waals surface area (Å²) in [7, 11) is 0. The number of carboxylic acid groups (broad SMARTS) is 1. The Hall–Kier alpha value is -4.75. The first kappa shape index (κ1) is 27.4. The maximum atomic E-state index is 15.7.